The van der Waals surface area contributed by atoms with Crippen LogP contribution in [0.2, 0.25) is 0 Å². The number of aryl methyl sites for hydroxylation is 1. The number of amides is 1. The van der Waals surface area contributed by atoms with E-state index in [1.807, 2.05) is 24.3 Å². The van der Waals surface area contributed by atoms with Crippen molar-refractivity contribution >= 4 is 11.4 Å². The number of ether oxygens (including phenoxy) is 1. The zero-order valence-electron chi connectivity index (χ0n) is 16.6. The fraction of sp³-hybridized carbons (Fsp3) is 0.400. The minimum atomic E-state index is -0.350. The molecule has 0 fully saturated rings. The molecule has 2 aromatic heterocycles. The van der Waals surface area contributed by atoms with E-state index in [0.717, 1.165) is 17.7 Å². The van der Waals surface area contributed by atoms with Gasteiger partial charge in [-0.2, -0.15) is 10.2 Å². The number of carbonyl (C=O) groups excluding carboxylic acids is 1. The smallest absolute Gasteiger partial charge is 0.293 e. The van der Waals surface area contributed by atoms with E-state index in [0.29, 0.717) is 29.5 Å². The molecule has 1 N–H and O–H groups in total. The number of rotatable bonds is 7. The molecular formula is C20H25N5O3. The van der Waals surface area contributed by atoms with Crippen molar-refractivity contribution in [1.29, 1.82) is 0 Å². The fourth-order valence-electron chi connectivity index (χ4n) is 2.88. The highest BCUT2D eigenvalue weighted by Crippen LogP contribution is 2.21. The van der Waals surface area contributed by atoms with E-state index in [1.165, 1.54) is 9.20 Å². The third-order valence-electron chi connectivity index (χ3n) is 4.46. The van der Waals surface area contributed by atoms with Gasteiger partial charge in [-0.25, -0.2) is 9.20 Å². The van der Waals surface area contributed by atoms with Crippen LogP contribution in [0, 0.1) is 12.8 Å². The van der Waals surface area contributed by atoms with Gasteiger partial charge >= 0.3 is 0 Å². The molecule has 3 rings (SSSR count). The van der Waals surface area contributed by atoms with Crippen molar-refractivity contribution < 1.29 is 9.53 Å². The lowest BCUT2D eigenvalue weighted by Crippen LogP contribution is -2.35. The van der Waals surface area contributed by atoms with Crippen LogP contribution in [-0.2, 0) is 11.3 Å². The van der Waals surface area contributed by atoms with Crippen LogP contribution in [0.15, 0.2) is 35.1 Å². The summed E-state index contributed by atoms with van der Waals surface area (Å²) in [5.74, 6) is 1.55. The minimum Gasteiger partial charge on any atom is -0.497 e. The topological polar surface area (TPSA) is 90.5 Å². The van der Waals surface area contributed by atoms with Gasteiger partial charge in [0.25, 0.3) is 5.56 Å². The van der Waals surface area contributed by atoms with Crippen LogP contribution >= 0.6 is 0 Å². The maximum absolute atomic E-state index is 12.8. The Morgan fingerprint density at radius 1 is 1.21 bits per heavy atom. The lowest BCUT2D eigenvalue weighted by molar-refractivity contribution is -0.121. The summed E-state index contributed by atoms with van der Waals surface area (Å²) in [7, 11) is 1.61. The van der Waals surface area contributed by atoms with Gasteiger partial charge in [-0.05, 0) is 49.6 Å². The van der Waals surface area contributed by atoms with Crippen molar-refractivity contribution in [1.82, 2.24) is 24.7 Å². The molecule has 1 aromatic carbocycles. The summed E-state index contributed by atoms with van der Waals surface area (Å²) >= 11 is 0. The Kier molecular flexibility index (Phi) is 5.77. The Hall–Kier alpha value is -3.16. The monoisotopic (exact) mass is 383 g/mol. The number of nitrogens with zero attached hydrogens (tertiary/aromatic N) is 4. The molecule has 2 heterocycles. The molecule has 3 aromatic rings. The van der Waals surface area contributed by atoms with E-state index >= 15 is 0 Å². The molecule has 0 radical (unpaired) electrons. The highest BCUT2D eigenvalue weighted by Gasteiger charge is 2.14. The van der Waals surface area contributed by atoms with Gasteiger partial charge in [0.05, 0.1) is 12.8 Å². The van der Waals surface area contributed by atoms with Crippen molar-refractivity contribution in [3.05, 3.63) is 46.5 Å². The average molecular weight is 383 g/mol. The largest absolute Gasteiger partial charge is 0.497 e. The zero-order valence-corrected chi connectivity index (χ0v) is 16.6. The Morgan fingerprint density at radius 3 is 2.57 bits per heavy atom. The molecule has 0 aliphatic heterocycles. The first-order valence-corrected chi connectivity index (χ1v) is 9.27. The maximum atomic E-state index is 12.8. The predicted molar refractivity (Wildman–Crippen MR) is 106 cm³/mol. The first kappa shape index (κ1) is 19.6. The second-order valence-electron chi connectivity index (χ2n) is 7.10. The number of carbonyl (C=O) groups is 1. The third kappa shape index (κ3) is 4.21. The molecule has 1 amide bonds. The van der Waals surface area contributed by atoms with Crippen molar-refractivity contribution in [3.63, 3.8) is 0 Å². The molecule has 8 nitrogen and oxygen atoms in total. The van der Waals surface area contributed by atoms with Gasteiger partial charge in [-0.1, -0.05) is 13.8 Å². The molecule has 0 aliphatic rings. The summed E-state index contributed by atoms with van der Waals surface area (Å²) in [6.45, 7) is 6.41. The van der Waals surface area contributed by atoms with Gasteiger partial charge in [0.1, 0.15) is 23.6 Å². The van der Waals surface area contributed by atoms with E-state index in [1.54, 1.807) is 20.1 Å². The summed E-state index contributed by atoms with van der Waals surface area (Å²) in [4.78, 5) is 24.9. The van der Waals surface area contributed by atoms with E-state index < -0.39 is 0 Å². The summed E-state index contributed by atoms with van der Waals surface area (Å²) < 4.78 is 7.87. The van der Waals surface area contributed by atoms with Crippen LogP contribution in [0.1, 0.15) is 26.1 Å². The summed E-state index contributed by atoms with van der Waals surface area (Å²) in [5, 5.41) is 11.6. The molecule has 0 aliphatic carbocycles. The van der Waals surface area contributed by atoms with Crippen LogP contribution in [0.4, 0.5) is 0 Å². The standard InChI is InChI=1S/C20H25N5O3/c1-13(2)9-10-21-19(26)12-24-20(27)18-11-17(23-25(18)14(3)22-24)15-5-7-16(28-4)8-6-15/h5-8,11,13H,9-10,12H2,1-4H3,(H,21,26). The number of aromatic nitrogens is 4. The number of fused-ring (bicyclic) bond motifs is 1. The SMILES string of the molecule is COc1ccc(-c2cc3c(=O)n(CC(=O)NCCC(C)C)nc(C)n3n2)cc1. The average Bonchev–Trinajstić information content (AvgIpc) is 3.12. The fourth-order valence-corrected chi connectivity index (χ4v) is 2.88. The van der Waals surface area contributed by atoms with E-state index in [-0.39, 0.29) is 18.0 Å². The predicted octanol–water partition coefficient (Wildman–Crippen LogP) is 2.04. The highest BCUT2D eigenvalue weighted by molar-refractivity contribution is 5.75. The van der Waals surface area contributed by atoms with Gasteiger partial charge < -0.3 is 10.1 Å². The first-order chi connectivity index (χ1) is 13.4. The second kappa shape index (κ2) is 8.24. The van der Waals surface area contributed by atoms with Crippen molar-refractivity contribution in [2.24, 2.45) is 5.92 Å². The number of nitrogens with one attached hydrogen (secondary N) is 1. The molecule has 0 spiro atoms. The zero-order chi connectivity index (χ0) is 20.3. The number of hydrogen-bond donors (Lipinski definition) is 1. The molecular weight excluding hydrogens is 358 g/mol. The van der Waals surface area contributed by atoms with Crippen molar-refractivity contribution in [2.75, 3.05) is 13.7 Å². The quantitative estimate of drug-likeness (QED) is 0.674. The van der Waals surface area contributed by atoms with Crippen LogP contribution in [0.5, 0.6) is 5.75 Å². The summed E-state index contributed by atoms with van der Waals surface area (Å²) in [5.41, 5.74) is 1.55. The Labute approximate surface area is 163 Å². The molecule has 0 saturated heterocycles. The van der Waals surface area contributed by atoms with E-state index in [4.69, 9.17) is 4.74 Å². The lowest BCUT2D eigenvalue weighted by Gasteiger charge is -2.09. The highest BCUT2D eigenvalue weighted by atomic mass is 16.5. The third-order valence-corrected chi connectivity index (χ3v) is 4.46. The number of benzene rings is 1. The summed E-state index contributed by atoms with van der Waals surface area (Å²) in [6.07, 6.45) is 0.889. The Morgan fingerprint density at radius 2 is 1.93 bits per heavy atom. The minimum absolute atomic E-state index is 0.114. The van der Waals surface area contributed by atoms with Crippen LogP contribution in [0.3, 0.4) is 0 Å². The van der Waals surface area contributed by atoms with E-state index in [9.17, 15) is 9.59 Å². The van der Waals surface area contributed by atoms with Crippen LogP contribution in [-0.4, -0.2) is 39.0 Å². The number of methoxy groups -OCH3 is 1. The molecule has 28 heavy (non-hydrogen) atoms. The normalized spacial score (nSPS) is 11.2. The molecule has 148 valence electrons. The Balaban J connectivity index is 1.87. The van der Waals surface area contributed by atoms with Gasteiger partial charge in [0, 0.05) is 12.1 Å². The van der Waals surface area contributed by atoms with Gasteiger partial charge in [0.15, 0.2) is 0 Å². The van der Waals surface area contributed by atoms with Gasteiger partial charge in [-0.3, -0.25) is 9.59 Å². The Bertz CT molecular complexity index is 1030. The van der Waals surface area contributed by atoms with Crippen molar-refractivity contribution in [3.8, 4) is 17.0 Å². The summed E-state index contributed by atoms with van der Waals surface area (Å²) in [6, 6.07) is 9.15. The molecule has 0 unspecified atom stereocenters. The van der Waals surface area contributed by atoms with Gasteiger partial charge in [0.2, 0.25) is 5.91 Å². The van der Waals surface area contributed by atoms with Gasteiger partial charge in [-0.15, -0.1) is 0 Å². The lowest BCUT2D eigenvalue weighted by atomic mass is 10.1. The van der Waals surface area contributed by atoms with Crippen LogP contribution in [0.25, 0.3) is 16.8 Å². The molecule has 8 heteroatoms. The van der Waals surface area contributed by atoms with Crippen LogP contribution < -0.4 is 15.6 Å². The second-order valence-corrected chi connectivity index (χ2v) is 7.10. The van der Waals surface area contributed by atoms with E-state index in [2.05, 4.69) is 29.4 Å². The molecule has 0 atom stereocenters. The molecule has 0 saturated carbocycles. The maximum Gasteiger partial charge on any atom is 0.293 e. The molecule has 0 bridgehead atoms. The first-order valence-electron chi connectivity index (χ1n) is 9.27. The van der Waals surface area contributed by atoms with Crippen molar-refractivity contribution in [2.45, 2.75) is 33.7 Å². The number of hydrogen-bond acceptors (Lipinski definition) is 5.